The molecular weight excluding hydrogens is 1010 g/mol. The van der Waals surface area contributed by atoms with Crippen LogP contribution in [0.2, 0.25) is 0 Å². The van der Waals surface area contributed by atoms with Gasteiger partial charge in [0.25, 0.3) is 0 Å². The molecule has 22 nitrogen and oxygen atoms in total. The molecule has 2 aliphatic rings. The van der Waals surface area contributed by atoms with Crippen molar-refractivity contribution in [1.29, 1.82) is 0 Å². The minimum atomic E-state index is -5.73. The van der Waals surface area contributed by atoms with Crippen molar-refractivity contribution < 1.29 is 86.3 Å². The van der Waals surface area contributed by atoms with Crippen LogP contribution in [0.5, 0.6) is 0 Å². The third-order valence-corrected chi connectivity index (χ3v) is 15.1. The number of unbranched alkanes of at least 4 members (excludes halogenated alkanes) is 13. The number of anilines is 1. The third kappa shape index (κ3) is 26.7. The second kappa shape index (κ2) is 36.0. The molecule has 0 amide bonds. The van der Waals surface area contributed by atoms with Crippen molar-refractivity contribution in [3.05, 3.63) is 59.2 Å². The summed E-state index contributed by atoms with van der Waals surface area (Å²) in [6, 6.07) is 1.23. The first kappa shape index (κ1) is 65.1. The summed E-state index contributed by atoms with van der Waals surface area (Å²) in [5.41, 5.74) is 4.75. The number of fused-ring (bicyclic) bond motifs is 3. The summed E-state index contributed by atoms with van der Waals surface area (Å²) in [5, 5.41) is 56.8. The zero-order valence-corrected chi connectivity index (χ0v) is 45.0. The Morgan fingerprint density at radius 2 is 1.50 bits per heavy atom. The van der Waals surface area contributed by atoms with Crippen LogP contribution >= 0.6 is 15.6 Å². The number of hydrogen-bond donors (Lipinski definition) is 8. The van der Waals surface area contributed by atoms with Crippen molar-refractivity contribution >= 4 is 33.4 Å². The second-order valence-corrected chi connectivity index (χ2v) is 21.9. The number of ether oxygens (including phenoxy) is 4. The largest absolute Gasteiger partial charge is 0.481 e. The minimum absolute atomic E-state index is 0.0640. The van der Waals surface area contributed by atoms with Crippen LogP contribution in [0.25, 0.3) is 0 Å². The van der Waals surface area contributed by atoms with Crippen molar-refractivity contribution in [3.8, 4) is 0 Å². The highest BCUT2D eigenvalue weighted by molar-refractivity contribution is 7.61. The monoisotopic (exact) mass is 1090 g/mol. The fourth-order valence-corrected chi connectivity index (χ4v) is 10.4. The van der Waals surface area contributed by atoms with Gasteiger partial charge in [-0.25, -0.2) is 13.9 Å². The summed E-state index contributed by atoms with van der Waals surface area (Å²) < 4.78 is 64.7. The van der Waals surface area contributed by atoms with Gasteiger partial charge in [0, 0.05) is 31.4 Å². The lowest BCUT2D eigenvalue weighted by Gasteiger charge is -2.36. The summed E-state index contributed by atoms with van der Waals surface area (Å²) >= 11 is 0. The van der Waals surface area contributed by atoms with E-state index in [9.17, 15) is 58.8 Å². The van der Waals surface area contributed by atoms with Crippen molar-refractivity contribution in [1.82, 2.24) is 9.55 Å². The molecule has 9 N–H and O–H groups in total. The Balaban J connectivity index is 1.79. The van der Waals surface area contributed by atoms with Gasteiger partial charge in [0.1, 0.15) is 43.1 Å². The number of carbonyl (C=O) groups is 2. The Hall–Kier alpha value is -3.18. The van der Waals surface area contributed by atoms with Gasteiger partial charge in [-0.1, -0.05) is 121 Å². The maximum absolute atomic E-state index is 13.4. The first-order chi connectivity index (χ1) is 35.3. The summed E-state index contributed by atoms with van der Waals surface area (Å²) in [5.74, 6) is -2.85. The van der Waals surface area contributed by atoms with Gasteiger partial charge in [0.15, 0.2) is 12.4 Å². The molecular formula is C50H85N3O19P2. The van der Waals surface area contributed by atoms with Crippen LogP contribution < -0.4 is 11.4 Å². The van der Waals surface area contributed by atoms with Gasteiger partial charge in [-0.05, 0) is 63.9 Å². The molecule has 1 saturated heterocycles. The van der Waals surface area contributed by atoms with Crippen LogP contribution in [-0.2, 0) is 51.0 Å². The molecule has 0 radical (unpaired) electrons. The number of aromatic nitrogens is 2. The second-order valence-electron chi connectivity index (χ2n) is 18.9. The Bertz CT molecular complexity index is 2010. The standard InChI is InChI=1S/C50H85N3O19P2/c1-3-5-7-8-9-10-11-12-13-14-15-16-17-18-23-27-44(56)66-34-38-35-67-73(62,63)72-74(64,65)68-36-42-48(60)47(59)41(30-29-37(54)25-21-6-4-2)70-46(58)33-40(55)39(26-22-19-20-24-28-45(57)69-38)49(71-42)53-32-31-43(51)52-50(53)61/h12-13,19,22,29-32,37-42,46-49,54-55,58-60H,3-11,14-18,20-21,23-28,33-36H2,1-2H3,(H,62,63)(H,64,65)(H2,51,52,61)/b13-12-,22-19?,30-29+/t37-,38+,39-,40-,41+,42+,46?,47-,48+,49+/m0/s1. The van der Waals surface area contributed by atoms with Crippen LogP contribution in [-0.4, -0.2) is 126 Å². The predicted octanol–water partition coefficient (Wildman–Crippen LogP) is 6.89. The molecule has 2 bridgehead atoms. The summed E-state index contributed by atoms with van der Waals surface area (Å²) in [4.78, 5) is 64.2. The SMILES string of the molecule is CCCCCCCC/C=C\CCCCCCCC(=O)OC[C@@H]1COP(=O)(O)OP(=O)(O)OC[C@H]2O[C@@H](n3ccc(N)nc3=O)[C@@H](CC=CCCCC(=O)O1)[C@@H](O)CC(O)O[C@H](/C=C/[C@@H](O)CCCCC)[C@H](O)[C@@H]2O. The molecule has 0 saturated carbocycles. The highest BCUT2D eigenvalue weighted by atomic mass is 31.3. The summed E-state index contributed by atoms with van der Waals surface area (Å²) in [7, 11) is -11.3. The number of phosphoric acid groups is 2. The molecule has 0 aliphatic carbocycles. The van der Waals surface area contributed by atoms with Crippen LogP contribution in [0, 0.1) is 5.92 Å². The van der Waals surface area contributed by atoms with Crippen molar-refractivity contribution in [2.45, 2.75) is 217 Å². The molecule has 2 aliphatic heterocycles. The number of cyclic esters (lactones) is 1. The number of nitrogens with two attached hydrogens (primary N) is 1. The molecule has 1 aromatic heterocycles. The van der Waals surface area contributed by atoms with Crippen molar-refractivity contribution in [2.24, 2.45) is 5.92 Å². The number of aliphatic hydroxyl groups excluding tert-OH is 5. The highest BCUT2D eigenvalue weighted by Gasteiger charge is 2.44. The molecule has 1 aromatic rings. The molecule has 3 unspecified atom stereocenters. The van der Waals surface area contributed by atoms with Crippen molar-refractivity contribution in [2.75, 3.05) is 25.6 Å². The van der Waals surface area contributed by atoms with Crippen LogP contribution in [0.15, 0.2) is 53.5 Å². The molecule has 1 fully saturated rings. The first-order valence-electron chi connectivity index (χ1n) is 26.4. The maximum Gasteiger partial charge on any atom is 0.481 e. The number of aliphatic hydroxyl groups is 5. The number of rotatable bonds is 24. The van der Waals surface area contributed by atoms with E-state index in [0.29, 0.717) is 19.3 Å². The lowest BCUT2D eigenvalue weighted by atomic mass is 9.92. The highest BCUT2D eigenvalue weighted by Crippen LogP contribution is 2.60. The van der Waals surface area contributed by atoms with E-state index in [1.54, 1.807) is 12.2 Å². The maximum atomic E-state index is 13.4. The van der Waals surface area contributed by atoms with Gasteiger partial charge in [-0.3, -0.25) is 23.2 Å². The van der Waals surface area contributed by atoms with E-state index in [1.165, 1.54) is 56.7 Å². The van der Waals surface area contributed by atoms with E-state index in [1.807, 2.05) is 6.92 Å². The molecule has 74 heavy (non-hydrogen) atoms. The molecule has 0 spiro atoms. The minimum Gasteiger partial charge on any atom is -0.462 e. The number of nitrogens with zero attached hydrogens (tertiary/aromatic N) is 2. The normalized spacial score (nSPS) is 30.0. The molecule has 3 rings (SSSR count). The van der Waals surface area contributed by atoms with E-state index in [2.05, 4.69) is 28.4 Å². The third-order valence-electron chi connectivity index (χ3n) is 12.5. The number of esters is 2. The van der Waals surface area contributed by atoms with E-state index in [0.717, 1.165) is 62.1 Å². The number of nitrogen functional groups attached to an aromatic ring is 1. The predicted molar refractivity (Wildman–Crippen MR) is 274 cm³/mol. The molecule has 3 heterocycles. The fraction of sp³-hybridized carbons (Fsp3) is 0.760. The quantitative estimate of drug-likeness (QED) is 0.0226. The topological polar surface area (TPSA) is 335 Å². The summed E-state index contributed by atoms with van der Waals surface area (Å²) in [6.45, 7) is 1.43. The van der Waals surface area contributed by atoms with Gasteiger partial charge < -0.3 is 60.0 Å². The zero-order chi connectivity index (χ0) is 54.4. The van der Waals surface area contributed by atoms with E-state index < -0.39 is 121 Å². The molecule has 12 atom stereocenters. The lowest BCUT2D eigenvalue weighted by molar-refractivity contribution is -0.192. The van der Waals surface area contributed by atoms with Gasteiger partial charge >= 0.3 is 33.3 Å². The average molecular weight is 1090 g/mol. The Morgan fingerprint density at radius 1 is 0.865 bits per heavy atom. The zero-order valence-electron chi connectivity index (χ0n) is 43.2. The molecule has 424 valence electrons. The van der Waals surface area contributed by atoms with Crippen molar-refractivity contribution in [3.63, 3.8) is 0 Å². The van der Waals surface area contributed by atoms with Crippen LogP contribution in [0.3, 0.4) is 0 Å². The Morgan fingerprint density at radius 3 is 2.18 bits per heavy atom. The Kier molecular flexibility index (Phi) is 31.7. The summed E-state index contributed by atoms with van der Waals surface area (Å²) in [6.07, 6.45) is 12.2. The van der Waals surface area contributed by atoms with E-state index >= 15 is 0 Å². The lowest BCUT2D eigenvalue weighted by Crippen LogP contribution is -2.49. The number of carbonyl (C=O) groups excluding carboxylic acids is 2. The number of hydrogen-bond acceptors (Lipinski definition) is 19. The average Bonchev–Trinajstić information content (AvgIpc) is 3.35. The van der Waals surface area contributed by atoms with E-state index in [4.69, 9.17) is 33.7 Å². The van der Waals surface area contributed by atoms with Crippen LogP contribution in [0.1, 0.15) is 168 Å². The number of phosphoric ester groups is 2. The fourth-order valence-electron chi connectivity index (χ4n) is 8.28. The van der Waals surface area contributed by atoms with Gasteiger partial charge in [-0.2, -0.15) is 9.29 Å². The molecule has 24 heteroatoms. The van der Waals surface area contributed by atoms with Gasteiger partial charge in [0.2, 0.25) is 0 Å². The van der Waals surface area contributed by atoms with Crippen LogP contribution in [0.4, 0.5) is 5.82 Å². The van der Waals surface area contributed by atoms with E-state index in [-0.39, 0.29) is 37.9 Å². The van der Waals surface area contributed by atoms with Gasteiger partial charge in [-0.15, -0.1) is 0 Å². The smallest absolute Gasteiger partial charge is 0.462 e. The first-order valence-corrected chi connectivity index (χ1v) is 29.4. The molecule has 0 aromatic carbocycles. The number of allylic oxidation sites excluding steroid dienone is 4. The van der Waals surface area contributed by atoms with Gasteiger partial charge in [0.05, 0.1) is 25.4 Å². The Labute approximate surface area is 435 Å².